The van der Waals surface area contributed by atoms with Crippen molar-refractivity contribution in [2.75, 3.05) is 0 Å². The molecule has 0 spiro atoms. The molecule has 5 heteroatoms. The Kier molecular flexibility index (Phi) is 3.10. The lowest BCUT2D eigenvalue weighted by molar-refractivity contribution is 0.595. The fourth-order valence-electron chi connectivity index (χ4n) is 1.44. The fourth-order valence-corrected chi connectivity index (χ4v) is 1.82. The standard InChI is InChI=1S/C10H9Cl3N2/c11-10(12,13)9-6-8(14-15-9)7-4-2-1-3-5-7/h1-5,9,15H,6H2/t9-/m0/s1. The van der Waals surface area contributed by atoms with E-state index in [1.807, 2.05) is 30.3 Å². The van der Waals surface area contributed by atoms with Crippen LogP contribution in [0.25, 0.3) is 0 Å². The predicted octanol–water partition coefficient (Wildman–Crippen LogP) is 3.12. The highest BCUT2D eigenvalue weighted by atomic mass is 35.6. The Labute approximate surface area is 103 Å². The van der Waals surface area contributed by atoms with E-state index in [9.17, 15) is 0 Å². The Morgan fingerprint density at radius 2 is 1.87 bits per heavy atom. The Hall–Kier alpha value is -0.440. The number of nitrogens with zero attached hydrogens (tertiary/aromatic N) is 1. The van der Waals surface area contributed by atoms with Gasteiger partial charge in [-0.05, 0) is 5.56 Å². The van der Waals surface area contributed by atoms with Crippen molar-refractivity contribution in [1.29, 1.82) is 0 Å². The van der Waals surface area contributed by atoms with Crippen molar-refractivity contribution in [3.05, 3.63) is 35.9 Å². The highest BCUT2D eigenvalue weighted by Gasteiger charge is 2.36. The van der Waals surface area contributed by atoms with E-state index in [0.717, 1.165) is 11.3 Å². The molecule has 1 heterocycles. The van der Waals surface area contributed by atoms with Gasteiger partial charge in [0.1, 0.15) is 0 Å². The monoisotopic (exact) mass is 262 g/mol. The Balaban J connectivity index is 2.11. The number of nitrogens with one attached hydrogen (secondary N) is 1. The highest BCUT2D eigenvalue weighted by Crippen LogP contribution is 2.34. The van der Waals surface area contributed by atoms with Crippen molar-refractivity contribution in [2.45, 2.75) is 16.3 Å². The zero-order valence-corrected chi connectivity index (χ0v) is 10.0. The third kappa shape index (κ3) is 2.57. The van der Waals surface area contributed by atoms with Gasteiger partial charge in [-0.2, -0.15) is 5.10 Å². The number of benzene rings is 1. The zero-order valence-electron chi connectivity index (χ0n) is 7.75. The summed E-state index contributed by atoms with van der Waals surface area (Å²) in [5.74, 6) is 0. The summed E-state index contributed by atoms with van der Waals surface area (Å²) in [5.41, 5.74) is 4.82. The number of halogens is 3. The van der Waals surface area contributed by atoms with Crippen molar-refractivity contribution in [3.8, 4) is 0 Å². The van der Waals surface area contributed by atoms with Crippen LogP contribution in [0.2, 0.25) is 0 Å². The van der Waals surface area contributed by atoms with Gasteiger partial charge < -0.3 is 5.43 Å². The van der Waals surface area contributed by atoms with Gasteiger partial charge in [-0.3, -0.25) is 0 Å². The van der Waals surface area contributed by atoms with Crippen LogP contribution in [0.1, 0.15) is 12.0 Å². The maximum Gasteiger partial charge on any atom is 0.212 e. The largest absolute Gasteiger partial charge is 0.302 e. The van der Waals surface area contributed by atoms with Gasteiger partial charge in [-0.1, -0.05) is 65.1 Å². The van der Waals surface area contributed by atoms with Gasteiger partial charge in [0.05, 0.1) is 11.8 Å². The molecule has 0 radical (unpaired) electrons. The van der Waals surface area contributed by atoms with E-state index in [4.69, 9.17) is 34.8 Å². The molecule has 15 heavy (non-hydrogen) atoms. The molecule has 0 bridgehead atoms. The maximum absolute atomic E-state index is 5.79. The third-order valence-corrected chi connectivity index (χ3v) is 3.05. The number of alkyl halides is 3. The molecule has 0 aromatic heterocycles. The van der Waals surface area contributed by atoms with Crippen molar-refractivity contribution >= 4 is 40.5 Å². The van der Waals surface area contributed by atoms with Crippen molar-refractivity contribution in [3.63, 3.8) is 0 Å². The van der Waals surface area contributed by atoms with Crippen LogP contribution in [-0.4, -0.2) is 15.5 Å². The third-order valence-electron chi connectivity index (χ3n) is 2.25. The Morgan fingerprint density at radius 1 is 1.20 bits per heavy atom. The van der Waals surface area contributed by atoms with E-state index < -0.39 is 3.79 Å². The molecule has 0 fully saturated rings. The SMILES string of the molecule is ClC(Cl)(Cl)[C@@H]1CC(c2ccccc2)=NN1. The van der Waals surface area contributed by atoms with Gasteiger partial charge in [0.15, 0.2) is 0 Å². The molecule has 1 aromatic rings. The first-order valence-electron chi connectivity index (χ1n) is 4.51. The minimum Gasteiger partial charge on any atom is -0.302 e. The summed E-state index contributed by atoms with van der Waals surface area (Å²) in [6.45, 7) is 0. The minimum atomic E-state index is -1.32. The Bertz CT molecular complexity index is 370. The van der Waals surface area contributed by atoms with Crippen LogP contribution in [0, 0.1) is 0 Å². The molecule has 0 saturated carbocycles. The Morgan fingerprint density at radius 3 is 2.40 bits per heavy atom. The summed E-state index contributed by atoms with van der Waals surface area (Å²) in [5, 5.41) is 4.17. The smallest absolute Gasteiger partial charge is 0.212 e. The summed E-state index contributed by atoms with van der Waals surface area (Å²) in [4.78, 5) is 0. The molecular weight excluding hydrogens is 254 g/mol. The first-order chi connectivity index (χ1) is 7.07. The van der Waals surface area contributed by atoms with Crippen LogP contribution in [0.15, 0.2) is 35.4 Å². The van der Waals surface area contributed by atoms with Crippen molar-refractivity contribution < 1.29 is 0 Å². The van der Waals surface area contributed by atoms with Crippen molar-refractivity contribution in [2.24, 2.45) is 5.10 Å². The summed E-state index contributed by atoms with van der Waals surface area (Å²) in [6.07, 6.45) is 0.626. The van der Waals surface area contributed by atoms with Crippen LogP contribution < -0.4 is 5.43 Å². The van der Waals surface area contributed by atoms with Crippen LogP contribution in [-0.2, 0) is 0 Å². The summed E-state index contributed by atoms with van der Waals surface area (Å²) < 4.78 is -1.32. The van der Waals surface area contributed by atoms with E-state index in [-0.39, 0.29) is 6.04 Å². The van der Waals surface area contributed by atoms with Crippen molar-refractivity contribution in [1.82, 2.24) is 5.43 Å². The molecule has 1 atom stereocenters. The lowest BCUT2D eigenvalue weighted by atomic mass is 10.1. The molecule has 0 saturated heterocycles. The summed E-state index contributed by atoms with van der Waals surface area (Å²) in [6, 6.07) is 9.60. The van der Waals surface area contributed by atoms with E-state index in [0.29, 0.717) is 6.42 Å². The van der Waals surface area contributed by atoms with Gasteiger partial charge in [0.2, 0.25) is 3.79 Å². The lowest BCUT2D eigenvalue weighted by Crippen LogP contribution is -2.33. The molecule has 0 unspecified atom stereocenters. The normalized spacial score (nSPS) is 21.0. The van der Waals surface area contributed by atoms with Crippen LogP contribution in [0.4, 0.5) is 0 Å². The molecule has 80 valence electrons. The first kappa shape index (κ1) is 11.1. The van der Waals surface area contributed by atoms with Gasteiger partial charge in [0, 0.05) is 6.42 Å². The van der Waals surface area contributed by atoms with Crippen LogP contribution in [0.5, 0.6) is 0 Å². The molecule has 1 aromatic carbocycles. The summed E-state index contributed by atoms with van der Waals surface area (Å²) in [7, 11) is 0. The number of rotatable bonds is 1. The second-order valence-electron chi connectivity index (χ2n) is 3.35. The average Bonchev–Trinajstić information content (AvgIpc) is 2.67. The molecule has 2 rings (SSSR count). The van der Waals surface area contributed by atoms with E-state index in [2.05, 4.69) is 10.5 Å². The van der Waals surface area contributed by atoms with E-state index in [1.165, 1.54) is 0 Å². The molecule has 0 amide bonds. The van der Waals surface area contributed by atoms with Gasteiger partial charge in [0.25, 0.3) is 0 Å². The molecule has 1 aliphatic rings. The summed E-state index contributed by atoms with van der Waals surface area (Å²) >= 11 is 17.4. The maximum atomic E-state index is 5.79. The second kappa shape index (κ2) is 4.20. The van der Waals surface area contributed by atoms with Crippen LogP contribution in [0.3, 0.4) is 0 Å². The average molecular weight is 264 g/mol. The molecule has 0 aliphatic carbocycles. The molecule has 2 nitrogen and oxygen atoms in total. The number of hydrogen-bond donors (Lipinski definition) is 1. The predicted molar refractivity (Wildman–Crippen MR) is 64.8 cm³/mol. The van der Waals surface area contributed by atoms with Gasteiger partial charge in [-0.15, -0.1) is 0 Å². The molecule has 1 N–H and O–H groups in total. The second-order valence-corrected chi connectivity index (χ2v) is 5.72. The quantitative estimate of drug-likeness (QED) is 0.774. The topological polar surface area (TPSA) is 24.4 Å². The number of hydrogen-bond acceptors (Lipinski definition) is 2. The van der Waals surface area contributed by atoms with Crippen LogP contribution >= 0.6 is 34.8 Å². The molecular formula is C10H9Cl3N2. The highest BCUT2D eigenvalue weighted by molar-refractivity contribution is 6.68. The van der Waals surface area contributed by atoms with Gasteiger partial charge >= 0.3 is 0 Å². The minimum absolute atomic E-state index is 0.252. The van der Waals surface area contributed by atoms with E-state index in [1.54, 1.807) is 0 Å². The number of hydrazone groups is 1. The molecule has 1 aliphatic heterocycles. The lowest BCUT2D eigenvalue weighted by Gasteiger charge is -2.18. The zero-order chi connectivity index (χ0) is 10.9. The van der Waals surface area contributed by atoms with E-state index >= 15 is 0 Å². The first-order valence-corrected chi connectivity index (χ1v) is 5.65. The van der Waals surface area contributed by atoms with Gasteiger partial charge in [-0.25, -0.2) is 0 Å². The fraction of sp³-hybridized carbons (Fsp3) is 0.300.